The fraction of sp³-hybridized carbons (Fsp3) is 0.294. The van der Waals surface area contributed by atoms with Crippen LogP contribution in [0.2, 0.25) is 0 Å². The van der Waals surface area contributed by atoms with E-state index in [1.807, 2.05) is 18.2 Å². The lowest BCUT2D eigenvalue weighted by atomic mass is 10.2. The van der Waals surface area contributed by atoms with E-state index in [1.54, 1.807) is 12.3 Å². The van der Waals surface area contributed by atoms with Gasteiger partial charge in [-0.25, -0.2) is 4.39 Å². The molecule has 1 aliphatic carbocycles. The maximum absolute atomic E-state index is 14.0. The zero-order chi connectivity index (χ0) is 16.5. The summed E-state index contributed by atoms with van der Waals surface area (Å²) in [5.41, 5.74) is 0.656. The van der Waals surface area contributed by atoms with Crippen molar-refractivity contribution in [3.8, 4) is 0 Å². The van der Waals surface area contributed by atoms with Gasteiger partial charge in [0, 0.05) is 16.1 Å². The number of hydrogen-bond donors (Lipinski definition) is 0. The molecule has 0 amide bonds. The van der Waals surface area contributed by atoms with Crippen LogP contribution in [0.25, 0.3) is 0 Å². The smallest absolute Gasteiger partial charge is 0.191 e. The summed E-state index contributed by atoms with van der Waals surface area (Å²) >= 11 is 4.78. The third-order valence-corrected chi connectivity index (χ3v) is 5.46. The van der Waals surface area contributed by atoms with Crippen molar-refractivity contribution in [2.24, 2.45) is 0 Å². The molecule has 4 rings (SSSR count). The quantitative estimate of drug-likeness (QED) is 0.539. The van der Waals surface area contributed by atoms with Crippen LogP contribution in [-0.4, -0.2) is 14.8 Å². The van der Waals surface area contributed by atoms with Crippen molar-refractivity contribution < 1.29 is 8.81 Å². The fourth-order valence-corrected chi connectivity index (χ4v) is 3.80. The van der Waals surface area contributed by atoms with E-state index in [4.69, 9.17) is 4.42 Å². The number of benzene rings is 1. The molecule has 124 valence electrons. The molecule has 7 heteroatoms. The summed E-state index contributed by atoms with van der Waals surface area (Å²) in [6, 6.07) is 8.95. The van der Waals surface area contributed by atoms with Crippen molar-refractivity contribution >= 4 is 27.7 Å². The van der Waals surface area contributed by atoms with E-state index in [0.717, 1.165) is 34.1 Å². The first-order valence-corrected chi connectivity index (χ1v) is 9.51. The number of halogens is 2. The van der Waals surface area contributed by atoms with E-state index >= 15 is 0 Å². The van der Waals surface area contributed by atoms with Gasteiger partial charge in [-0.05, 0) is 42.7 Å². The topological polar surface area (TPSA) is 43.9 Å². The second kappa shape index (κ2) is 6.72. The van der Waals surface area contributed by atoms with E-state index < -0.39 is 0 Å². The van der Waals surface area contributed by atoms with Crippen molar-refractivity contribution in [2.45, 2.75) is 36.2 Å². The van der Waals surface area contributed by atoms with Gasteiger partial charge in [0.1, 0.15) is 17.4 Å². The molecular weight excluding hydrogens is 393 g/mol. The monoisotopic (exact) mass is 407 g/mol. The normalized spacial score (nSPS) is 14.2. The molecule has 3 aromatic rings. The largest absolute Gasteiger partial charge is 0.467 e. The van der Waals surface area contributed by atoms with Crippen molar-refractivity contribution in [3.63, 3.8) is 0 Å². The van der Waals surface area contributed by atoms with Crippen LogP contribution in [0.1, 0.15) is 35.9 Å². The number of hydrogen-bond acceptors (Lipinski definition) is 4. The zero-order valence-corrected chi connectivity index (χ0v) is 15.2. The van der Waals surface area contributed by atoms with Crippen molar-refractivity contribution in [3.05, 3.63) is 64.0 Å². The SMILES string of the molecule is Fc1cc(Br)ccc1CSc1nnc(C2CC2)n1Cc1ccco1. The van der Waals surface area contributed by atoms with Crippen molar-refractivity contribution in [1.82, 2.24) is 14.8 Å². The van der Waals surface area contributed by atoms with Crippen LogP contribution >= 0.6 is 27.7 Å². The van der Waals surface area contributed by atoms with Crippen LogP contribution in [0.5, 0.6) is 0 Å². The molecule has 0 N–H and O–H groups in total. The Balaban J connectivity index is 1.56. The summed E-state index contributed by atoms with van der Waals surface area (Å²) in [4.78, 5) is 0. The summed E-state index contributed by atoms with van der Waals surface area (Å²) in [6.45, 7) is 0.608. The maximum atomic E-state index is 14.0. The number of nitrogens with zero attached hydrogens (tertiary/aromatic N) is 3. The molecule has 0 unspecified atom stereocenters. The van der Waals surface area contributed by atoms with Crippen LogP contribution in [-0.2, 0) is 12.3 Å². The molecule has 0 saturated heterocycles. The first-order valence-electron chi connectivity index (χ1n) is 7.73. The Morgan fingerprint density at radius 1 is 1.29 bits per heavy atom. The first-order chi connectivity index (χ1) is 11.7. The van der Waals surface area contributed by atoms with Crippen LogP contribution in [0.4, 0.5) is 4.39 Å². The lowest BCUT2D eigenvalue weighted by Crippen LogP contribution is -2.05. The Bertz CT molecular complexity index is 846. The highest BCUT2D eigenvalue weighted by atomic mass is 79.9. The highest BCUT2D eigenvalue weighted by Gasteiger charge is 2.30. The predicted molar refractivity (Wildman–Crippen MR) is 93.5 cm³/mol. The van der Waals surface area contributed by atoms with Gasteiger partial charge >= 0.3 is 0 Å². The molecular formula is C17H15BrFN3OS. The molecule has 1 aromatic carbocycles. The third kappa shape index (κ3) is 3.42. The van der Waals surface area contributed by atoms with E-state index in [2.05, 4.69) is 30.7 Å². The highest BCUT2D eigenvalue weighted by Crippen LogP contribution is 2.40. The maximum Gasteiger partial charge on any atom is 0.191 e. The summed E-state index contributed by atoms with van der Waals surface area (Å²) in [5, 5.41) is 9.48. The Morgan fingerprint density at radius 2 is 2.17 bits per heavy atom. The van der Waals surface area contributed by atoms with Crippen molar-refractivity contribution in [2.75, 3.05) is 0 Å². The Hall–Kier alpha value is -1.60. The average Bonchev–Trinajstić information content (AvgIpc) is 3.13. The summed E-state index contributed by atoms with van der Waals surface area (Å²) in [6.07, 6.45) is 3.98. The van der Waals surface area contributed by atoms with E-state index in [-0.39, 0.29) is 5.82 Å². The minimum atomic E-state index is -0.212. The summed E-state index contributed by atoms with van der Waals surface area (Å²) in [7, 11) is 0. The second-order valence-corrected chi connectivity index (χ2v) is 7.66. The zero-order valence-electron chi connectivity index (χ0n) is 12.8. The number of furan rings is 1. The van der Waals surface area contributed by atoms with Gasteiger partial charge in [0.2, 0.25) is 0 Å². The Morgan fingerprint density at radius 3 is 2.88 bits per heavy atom. The Labute approximate surface area is 151 Å². The lowest BCUT2D eigenvalue weighted by molar-refractivity contribution is 0.478. The van der Waals surface area contributed by atoms with E-state index in [1.165, 1.54) is 17.8 Å². The van der Waals surface area contributed by atoms with Gasteiger partial charge in [-0.2, -0.15) is 0 Å². The molecule has 2 aromatic heterocycles. The van der Waals surface area contributed by atoms with Gasteiger partial charge in [-0.15, -0.1) is 10.2 Å². The lowest BCUT2D eigenvalue weighted by Gasteiger charge is -2.08. The van der Waals surface area contributed by atoms with Gasteiger partial charge in [-0.3, -0.25) is 4.57 Å². The average molecular weight is 408 g/mol. The van der Waals surface area contributed by atoms with Gasteiger partial charge in [-0.1, -0.05) is 33.8 Å². The summed E-state index contributed by atoms with van der Waals surface area (Å²) in [5.74, 6) is 2.67. The van der Waals surface area contributed by atoms with E-state index in [0.29, 0.717) is 23.8 Å². The second-order valence-electron chi connectivity index (χ2n) is 5.80. The van der Waals surface area contributed by atoms with Gasteiger partial charge < -0.3 is 4.42 Å². The third-order valence-electron chi connectivity index (χ3n) is 3.95. The Kier molecular flexibility index (Phi) is 4.45. The van der Waals surface area contributed by atoms with Crippen LogP contribution in [0.15, 0.2) is 50.6 Å². The van der Waals surface area contributed by atoms with Gasteiger partial charge in [0.25, 0.3) is 0 Å². The molecule has 4 nitrogen and oxygen atoms in total. The molecule has 0 atom stereocenters. The minimum absolute atomic E-state index is 0.212. The number of rotatable bonds is 6. The fourth-order valence-electron chi connectivity index (χ4n) is 2.54. The van der Waals surface area contributed by atoms with Gasteiger partial charge in [0.15, 0.2) is 5.16 Å². The standard InChI is InChI=1S/C17H15BrFN3OS/c18-13-6-5-12(15(19)8-13)10-24-17-21-20-16(11-3-4-11)22(17)9-14-2-1-7-23-14/h1-2,5-8,11H,3-4,9-10H2. The summed E-state index contributed by atoms with van der Waals surface area (Å²) < 4.78 is 22.3. The molecule has 1 aliphatic rings. The molecule has 0 bridgehead atoms. The molecule has 0 radical (unpaired) electrons. The number of aromatic nitrogens is 3. The highest BCUT2D eigenvalue weighted by molar-refractivity contribution is 9.10. The predicted octanol–water partition coefficient (Wildman–Crippen LogP) is 4.99. The molecule has 1 fully saturated rings. The first kappa shape index (κ1) is 15.9. The molecule has 0 aliphatic heterocycles. The number of thioether (sulfide) groups is 1. The molecule has 2 heterocycles. The molecule has 24 heavy (non-hydrogen) atoms. The minimum Gasteiger partial charge on any atom is -0.467 e. The van der Waals surface area contributed by atoms with Crippen LogP contribution < -0.4 is 0 Å². The van der Waals surface area contributed by atoms with Crippen LogP contribution in [0, 0.1) is 5.82 Å². The molecule has 1 saturated carbocycles. The van der Waals surface area contributed by atoms with E-state index in [9.17, 15) is 4.39 Å². The van der Waals surface area contributed by atoms with Crippen LogP contribution in [0.3, 0.4) is 0 Å². The molecule has 0 spiro atoms. The van der Waals surface area contributed by atoms with Crippen molar-refractivity contribution in [1.29, 1.82) is 0 Å². The van der Waals surface area contributed by atoms with Gasteiger partial charge in [0.05, 0.1) is 12.8 Å².